The maximum absolute atomic E-state index is 13.3. The normalized spacial score (nSPS) is 17.3. The minimum Gasteiger partial charge on any atom is -0.507 e. The molecule has 1 aliphatic heterocycles. The Morgan fingerprint density at radius 2 is 1.86 bits per heavy atom. The number of nitrogens with one attached hydrogen (secondary N) is 1. The summed E-state index contributed by atoms with van der Waals surface area (Å²) in [6.07, 6.45) is 0. The minimum atomic E-state index is -0.809. The SMILES string of the molecule is CCN(CC)CCN1C(=O)C(=O)/C(=C(/O)c2c(C)[nH]c(C(=O)OC)c2C)[C@H]1c1cccc(OC)c1. The molecular formula is C26H33N3O6. The number of benzene rings is 1. The molecule has 2 aromatic rings. The topological polar surface area (TPSA) is 112 Å². The van der Waals surface area contributed by atoms with Gasteiger partial charge in [-0.25, -0.2) is 4.79 Å². The Morgan fingerprint density at radius 3 is 2.46 bits per heavy atom. The van der Waals surface area contributed by atoms with E-state index < -0.39 is 23.7 Å². The van der Waals surface area contributed by atoms with Crippen LogP contribution < -0.4 is 4.74 Å². The number of H-pyrrole nitrogens is 1. The maximum Gasteiger partial charge on any atom is 0.354 e. The smallest absolute Gasteiger partial charge is 0.354 e. The highest BCUT2D eigenvalue weighted by Gasteiger charge is 2.46. The van der Waals surface area contributed by atoms with E-state index in [1.165, 1.54) is 19.1 Å². The van der Waals surface area contributed by atoms with Gasteiger partial charge in [0.25, 0.3) is 11.7 Å². The number of hydrogen-bond donors (Lipinski definition) is 2. The van der Waals surface area contributed by atoms with Crippen LogP contribution in [0.3, 0.4) is 0 Å². The number of nitrogens with zero attached hydrogens (tertiary/aromatic N) is 2. The predicted octanol–water partition coefficient (Wildman–Crippen LogP) is 3.19. The van der Waals surface area contributed by atoms with Crippen LogP contribution in [0, 0.1) is 13.8 Å². The molecule has 0 unspecified atom stereocenters. The van der Waals surface area contributed by atoms with E-state index in [0.29, 0.717) is 41.2 Å². The Kier molecular flexibility index (Phi) is 8.01. The van der Waals surface area contributed by atoms with E-state index in [1.807, 2.05) is 13.8 Å². The number of carbonyl (C=O) groups is 3. The van der Waals surface area contributed by atoms with Crippen molar-refractivity contribution in [2.75, 3.05) is 40.4 Å². The first-order chi connectivity index (χ1) is 16.7. The molecule has 1 saturated heterocycles. The largest absolute Gasteiger partial charge is 0.507 e. The maximum atomic E-state index is 13.3. The number of carbonyl (C=O) groups excluding carboxylic acids is 3. The zero-order valence-corrected chi connectivity index (χ0v) is 21.1. The van der Waals surface area contributed by atoms with Gasteiger partial charge in [-0.3, -0.25) is 9.59 Å². The number of aromatic nitrogens is 1. The van der Waals surface area contributed by atoms with Gasteiger partial charge in [0.1, 0.15) is 17.2 Å². The number of aromatic amines is 1. The second kappa shape index (κ2) is 10.8. The molecule has 1 atom stereocenters. The highest BCUT2D eigenvalue weighted by atomic mass is 16.5. The number of amides is 1. The highest BCUT2D eigenvalue weighted by molar-refractivity contribution is 6.46. The third-order valence-electron chi connectivity index (χ3n) is 6.56. The summed E-state index contributed by atoms with van der Waals surface area (Å²) in [6.45, 7) is 9.91. The molecule has 1 aliphatic rings. The Balaban J connectivity index is 2.20. The van der Waals surface area contributed by atoms with Crippen molar-refractivity contribution in [3.8, 4) is 5.75 Å². The molecule has 0 aliphatic carbocycles. The second-order valence-corrected chi connectivity index (χ2v) is 8.41. The second-order valence-electron chi connectivity index (χ2n) is 8.41. The van der Waals surface area contributed by atoms with Gasteiger partial charge in [-0.2, -0.15) is 0 Å². The van der Waals surface area contributed by atoms with Crippen LogP contribution in [0.2, 0.25) is 0 Å². The van der Waals surface area contributed by atoms with Crippen LogP contribution in [0.1, 0.15) is 52.8 Å². The summed E-state index contributed by atoms with van der Waals surface area (Å²) >= 11 is 0. The zero-order valence-electron chi connectivity index (χ0n) is 21.1. The summed E-state index contributed by atoms with van der Waals surface area (Å²) in [5.74, 6) is -1.80. The molecule has 3 rings (SSSR count). The van der Waals surface area contributed by atoms with Gasteiger partial charge >= 0.3 is 5.97 Å². The number of aryl methyl sites for hydroxylation is 1. The van der Waals surface area contributed by atoms with Crippen LogP contribution in [-0.4, -0.2) is 77.9 Å². The third kappa shape index (κ3) is 4.81. The number of aliphatic hydroxyl groups is 1. The summed E-state index contributed by atoms with van der Waals surface area (Å²) < 4.78 is 10.2. The molecule has 0 bridgehead atoms. The standard InChI is InChI=1S/C26H33N3O6/c1-7-28(8-2)12-13-29-22(17-10-9-11-18(14-17)34-5)20(24(31)25(29)32)23(30)19-15(3)21(26(33)35-6)27-16(19)4/h9-11,14,22,27,30H,7-8,12-13H2,1-6H3/b23-20+/t22-/m1/s1. The molecule has 0 saturated carbocycles. The lowest BCUT2D eigenvalue weighted by atomic mass is 9.94. The number of likely N-dealkylation sites (tertiary alicyclic amines) is 1. The van der Waals surface area contributed by atoms with Crippen molar-refractivity contribution < 1.29 is 29.0 Å². The van der Waals surface area contributed by atoms with E-state index >= 15 is 0 Å². The molecule has 2 heterocycles. The van der Waals surface area contributed by atoms with Gasteiger partial charge in [0.2, 0.25) is 0 Å². The Bertz CT molecular complexity index is 1160. The van der Waals surface area contributed by atoms with E-state index in [9.17, 15) is 19.5 Å². The zero-order chi connectivity index (χ0) is 25.9. The number of aliphatic hydroxyl groups excluding tert-OH is 1. The average Bonchev–Trinajstić information content (AvgIpc) is 3.30. The molecule has 1 amide bonds. The third-order valence-corrected chi connectivity index (χ3v) is 6.56. The van der Waals surface area contributed by atoms with Crippen molar-refractivity contribution in [2.45, 2.75) is 33.7 Å². The number of ether oxygens (including phenoxy) is 2. The van der Waals surface area contributed by atoms with Gasteiger partial charge in [-0.05, 0) is 50.2 Å². The Labute approximate surface area is 205 Å². The molecule has 1 aromatic carbocycles. The fourth-order valence-corrected chi connectivity index (χ4v) is 4.60. The van der Waals surface area contributed by atoms with Crippen molar-refractivity contribution >= 4 is 23.4 Å². The van der Waals surface area contributed by atoms with Crippen molar-refractivity contribution in [2.24, 2.45) is 0 Å². The molecule has 9 nitrogen and oxygen atoms in total. The Morgan fingerprint density at radius 1 is 1.17 bits per heavy atom. The lowest BCUT2D eigenvalue weighted by Gasteiger charge is -2.28. The predicted molar refractivity (Wildman–Crippen MR) is 131 cm³/mol. The van der Waals surface area contributed by atoms with Crippen molar-refractivity contribution in [3.63, 3.8) is 0 Å². The van der Waals surface area contributed by atoms with Gasteiger partial charge in [0.05, 0.1) is 25.8 Å². The first kappa shape index (κ1) is 26.0. The number of Topliss-reactive ketones (excluding diaryl/α,β-unsaturated/α-hetero) is 1. The molecular weight excluding hydrogens is 450 g/mol. The van der Waals surface area contributed by atoms with Crippen molar-refractivity contribution in [3.05, 3.63) is 57.9 Å². The number of hydrogen-bond acceptors (Lipinski definition) is 7. The summed E-state index contributed by atoms with van der Waals surface area (Å²) in [5.41, 5.74) is 2.03. The van der Waals surface area contributed by atoms with Gasteiger partial charge in [0.15, 0.2) is 0 Å². The quantitative estimate of drug-likeness (QED) is 0.244. The van der Waals surface area contributed by atoms with Crippen LogP contribution in [-0.2, 0) is 14.3 Å². The molecule has 2 N–H and O–H groups in total. The molecule has 0 radical (unpaired) electrons. The number of likely N-dealkylation sites (N-methyl/N-ethyl adjacent to an activating group) is 1. The molecule has 188 valence electrons. The van der Waals surface area contributed by atoms with E-state index in [1.54, 1.807) is 38.1 Å². The van der Waals surface area contributed by atoms with Crippen molar-refractivity contribution in [1.29, 1.82) is 0 Å². The first-order valence-electron chi connectivity index (χ1n) is 11.6. The Hall–Kier alpha value is -3.59. The van der Waals surface area contributed by atoms with E-state index in [0.717, 1.165) is 13.1 Å². The average molecular weight is 484 g/mol. The number of methoxy groups -OCH3 is 2. The van der Waals surface area contributed by atoms with Crippen LogP contribution in [0.5, 0.6) is 5.75 Å². The molecule has 9 heteroatoms. The first-order valence-corrected chi connectivity index (χ1v) is 11.6. The lowest BCUT2D eigenvalue weighted by molar-refractivity contribution is -0.140. The number of ketones is 1. The summed E-state index contributed by atoms with van der Waals surface area (Å²) in [7, 11) is 2.80. The fraction of sp³-hybridized carbons (Fsp3) is 0.423. The fourth-order valence-electron chi connectivity index (χ4n) is 4.60. The van der Waals surface area contributed by atoms with Gasteiger partial charge < -0.3 is 29.4 Å². The monoisotopic (exact) mass is 483 g/mol. The van der Waals surface area contributed by atoms with Crippen LogP contribution >= 0.6 is 0 Å². The summed E-state index contributed by atoms with van der Waals surface area (Å²) in [6, 6.07) is 6.30. The molecule has 1 aromatic heterocycles. The van der Waals surface area contributed by atoms with Crippen molar-refractivity contribution in [1.82, 2.24) is 14.8 Å². The number of esters is 1. The summed E-state index contributed by atoms with van der Waals surface area (Å²) in [4.78, 5) is 45.3. The van der Waals surface area contributed by atoms with Gasteiger partial charge in [-0.15, -0.1) is 0 Å². The van der Waals surface area contributed by atoms with E-state index in [-0.39, 0.29) is 17.0 Å². The van der Waals surface area contributed by atoms with E-state index in [4.69, 9.17) is 9.47 Å². The minimum absolute atomic E-state index is 0.0237. The molecule has 1 fully saturated rings. The highest BCUT2D eigenvalue weighted by Crippen LogP contribution is 2.41. The number of rotatable bonds is 9. The summed E-state index contributed by atoms with van der Waals surface area (Å²) in [5, 5.41) is 11.4. The van der Waals surface area contributed by atoms with Crippen LogP contribution in [0.25, 0.3) is 5.76 Å². The lowest BCUT2D eigenvalue weighted by Crippen LogP contribution is -2.38. The van der Waals surface area contributed by atoms with Crippen LogP contribution in [0.4, 0.5) is 0 Å². The van der Waals surface area contributed by atoms with E-state index in [2.05, 4.69) is 9.88 Å². The van der Waals surface area contributed by atoms with Gasteiger partial charge in [0, 0.05) is 24.3 Å². The molecule has 35 heavy (non-hydrogen) atoms. The molecule has 0 spiro atoms. The van der Waals surface area contributed by atoms with Gasteiger partial charge in [-0.1, -0.05) is 26.0 Å². The van der Waals surface area contributed by atoms with Crippen LogP contribution in [0.15, 0.2) is 29.8 Å².